The number of hydrogen-bond donors (Lipinski definition) is 2. The molecule has 35 heavy (non-hydrogen) atoms. The number of fused-ring (bicyclic) bond motifs is 4. The van der Waals surface area contributed by atoms with E-state index in [1.54, 1.807) is 12.0 Å². The van der Waals surface area contributed by atoms with Gasteiger partial charge in [-0.05, 0) is 61.7 Å². The predicted octanol–water partition coefficient (Wildman–Crippen LogP) is 4.48. The van der Waals surface area contributed by atoms with Crippen LogP contribution in [-0.2, 0) is 11.2 Å². The Bertz CT molecular complexity index is 1250. The van der Waals surface area contributed by atoms with E-state index in [4.69, 9.17) is 4.74 Å². The second-order valence-electron chi connectivity index (χ2n) is 10.3. The van der Waals surface area contributed by atoms with Gasteiger partial charge in [-0.15, -0.1) is 0 Å². The third kappa shape index (κ3) is 3.88. The van der Waals surface area contributed by atoms with Gasteiger partial charge in [-0.1, -0.05) is 44.2 Å². The number of carbonyl (C=O) groups excluding carboxylic acids is 2. The first kappa shape index (κ1) is 23.4. The van der Waals surface area contributed by atoms with E-state index in [1.165, 1.54) is 4.90 Å². The normalized spacial score (nSPS) is 21.7. The predicted molar refractivity (Wildman–Crippen MR) is 137 cm³/mol. The molecule has 3 aromatic rings. The first-order chi connectivity index (χ1) is 16.8. The Morgan fingerprint density at radius 2 is 1.94 bits per heavy atom. The standard InChI is InChI=1S/C28H34N4O3/c1-18(2)17-29-13-8-14-31-26(33)28(3)16-22-21-15-20(35-4)11-12-23(21)30-24(22)25(32(28)27(31)34)19-9-6-5-7-10-19/h5-7,9-12,15,18,25,29-30H,8,13-14,16-17H2,1-4H3/t25-,28+/m1/s1. The van der Waals surface area contributed by atoms with Crippen molar-refractivity contribution in [2.45, 2.75) is 45.2 Å². The highest BCUT2D eigenvalue weighted by Crippen LogP contribution is 2.48. The van der Waals surface area contributed by atoms with E-state index < -0.39 is 5.54 Å². The molecular weight excluding hydrogens is 440 g/mol. The molecule has 2 atom stereocenters. The summed E-state index contributed by atoms with van der Waals surface area (Å²) in [4.78, 5) is 34.5. The van der Waals surface area contributed by atoms with Gasteiger partial charge in [0.15, 0.2) is 0 Å². The number of amides is 3. The summed E-state index contributed by atoms with van der Waals surface area (Å²) in [5, 5.41) is 4.45. The molecule has 1 aromatic heterocycles. The Morgan fingerprint density at radius 1 is 1.17 bits per heavy atom. The number of ether oxygens (including phenoxy) is 1. The van der Waals surface area contributed by atoms with Crippen molar-refractivity contribution in [2.75, 3.05) is 26.7 Å². The van der Waals surface area contributed by atoms with Gasteiger partial charge in [-0.25, -0.2) is 4.79 Å². The van der Waals surface area contributed by atoms with Crippen molar-refractivity contribution in [3.8, 4) is 5.75 Å². The summed E-state index contributed by atoms with van der Waals surface area (Å²) in [5.41, 5.74) is 3.06. The molecule has 1 saturated heterocycles. The Kier molecular flexibility index (Phi) is 6.05. The molecule has 184 valence electrons. The van der Waals surface area contributed by atoms with Crippen molar-refractivity contribution >= 4 is 22.8 Å². The van der Waals surface area contributed by atoms with Crippen LogP contribution in [0.5, 0.6) is 5.75 Å². The third-order valence-electron chi connectivity index (χ3n) is 7.28. The van der Waals surface area contributed by atoms with Gasteiger partial charge in [0.05, 0.1) is 7.11 Å². The minimum absolute atomic E-state index is 0.116. The van der Waals surface area contributed by atoms with Crippen LogP contribution < -0.4 is 10.1 Å². The summed E-state index contributed by atoms with van der Waals surface area (Å²) in [6, 6.07) is 15.4. The largest absolute Gasteiger partial charge is 0.497 e. The van der Waals surface area contributed by atoms with Gasteiger partial charge < -0.3 is 15.0 Å². The first-order valence-corrected chi connectivity index (χ1v) is 12.4. The van der Waals surface area contributed by atoms with Crippen LogP contribution in [0.3, 0.4) is 0 Å². The van der Waals surface area contributed by atoms with Crippen LogP contribution in [0.15, 0.2) is 48.5 Å². The smallest absolute Gasteiger partial charge is 0.328 e. The maximum atomic E-state index is 13.8. The van der Waals surface area contributed by atoms with E-state index in [0.29, 0.717) is 18.9 Å². The van der Waals surface area contributed by atoms with Crippen LogP contribution in [0, 0.1) is 5.92 Å². The van der Waals surface area contributed by atoms with Crippen molar-refractivity contribution in [1.82, 2.24) is 20.1 Å². The van der Waals surface area contributed by atoms with Gasteiger partial charge in [0, 0.05) is 29.6 Å². The molecule has 5 rings (SSSR count). The summed E-state index contributed by atoms with van der Waals surface area (Å²) in [6.45, 7) is 8.36. The number of aromatic amines is 1. The summed E-state index contributed by atoms with van der Waals surface area (Å²) in [6.07, 6.45) is 1.20. The number of carbonyl (C=O) groups is 2. The van der Waals surface area contributed by atoms with Crippen LogP contribution in [0.2, 0.25) is 0 Å². The van der Waals surface area contributed by atoms with E-state index in [0.717, 1.165) is 53.0 Å². The molecule has 0 unspecified atom stereocenters. The molecule has 0 spiro atoms. The molecule has 1 fully saturated rings. The number of nitrogens with one attached hydrogen (secondary N) is 2. The summed E-state index contributed by atoms with van der Waals surface area (Å²) in [5.74, 6) is 1.22. The topological polar surface area (TPSA) is 77.7 Å². The maximum Gasteiger partial charge on any atom is 0.328 e. The number of nitrogens with zero attached hydrogens (tertiary/aromatic N) is 2. The zero-order chi connectivity index (χ0) is 24.7. The quantitative estimate of drug-likeness (QED) is 0.373. The monoisotopic (exact) mass is 474 g/mol. The second-order valence-corrected chi connectivity index (χ2v) is 10.3. The molecular formula is C28H34N4O3. The van der Waals surface area contributed by atoms with Crippen molar-refractivity contribution in [3.05, 3.63) is 65.4 Å². The summed E-state index contributed by atoms with van der Waals surface area (Å²) < 4.78 is 5.48. The summed E-state index contributed by atoms with van der Waals surface area (Å²) in [7, 11) is 1.66. The molecule has 0 saturated carbocycles. The van der Waals surface area contributed by atoms with Crippen LogP contribution in [-0.4, -0.2) is 59.0 Å². The van der Waals surface area contributed by atoms with Gasteiger partial charge in [0.25, 0.3) is 5.91 Å². The lowest BCUT2D eigenvalue weighted by molar-refractivity contribution is -0.133. The van der Waals surface area contributed by atoms with Gasteiger partial charge in [0.1, 0.15) is 17.3 Å². The lowest BCUT2D eigenvalue weighted by Gasteiger charge is -2.42. The fraction of sp³-hybridized carbons (Fsp3) is 0.429. The minimum atomic E-state index is -0.950. The van der Waals surface area contributed by atoms with Gasteiger partial charge in [-0.2, -0.15) is 0 Å². The number of aromatic nitrogens is 1. The molecule has 3 amide bonds. The van der Waals surface area contributed by atoms with Gasteiger partial charge in [0.2, 0.25) is 0 Å². The highest BCUT2D eigenvalue weighted by atomic mass is 16.5. The molecule has 2 aromatic carbocycles. The van der Waals surface area contributed by atoms with E-state index in [2.05, 4.69) is 24.1 Å². The Labute approximate surface area is 206 Å². The van der Waals surface area contributed by atoms with Gasteiger partial charge >= 0.3 is 6.03 Å². The number of H-pyrrole nitrogens is 1. The minimum Gasteiger partial charge on any atom is -0.497 e. The molecule has 0 radical (unpaired) electrons. The molecule has 7 nitrogen and oxygen atoms in total. The SMILES string of the molecule is COc1ccc2[nH]c3c(c2c1)C[C@@]1(C)C(=O)N(CCCNCC(C)C)C(=O)N1[C@@H]3c1ccccc1. The van der Waals surface area contributed by atoms with E-state index in [9.17, 15) is 9.59 Å². The molecule has 2 aliphatic rings. The molecule has 2 N–H and O–H groups in total. The van der Waals surface area contributed by atoms with Crippen LogP contribution >= 0.6 is 0 Å². The second kappa shape index (κ2) is 9.04. The van der Waals surface area contributed by atoms with Crippen molar-refractivity contribution < 1.29 is 14.3 Å². The third-order valence-corrected chi connectivity index (χ3v) is 7.28. The fourth-order valence-corrected chi connectivity index (χ4v) is 5.55. The Morgan fingerprint density at radius 3 is 2.66 bits per heavy atom. The lowest BCUT2D eigenvalue weighted by atomic mass is 9.81. The molecule has 0 aliphatic carbocycles. The van der Waals surface area contributed by atoms with Crippen molar-refractivity contribution in [1.29, 1.82) is 0 Å². The number of urea groups is 1. The highest BCUT2D eigenvalue weighted by Gasteiger charge is 2.59. The molecule has 3 heterocycles. The Balaban J connectivity index is 1.54. The molecule has 7 heteroatoms. The maximum absolute atomic E-state index is 13.8. The lowest BCUT2D eigenvalue weighted by Crippen LogP contribution is -2.53. The van der Waals surface area contributed by atoms with E-state index in [-0.39, 0.29) is 18.0 Å². The average Bonchev–Trinajstić information content (AvgIpc) is 3.29. The zero-order valence-electron chi connectivity index (χ0n) is 20.9. The van der Waals surface area contributed by atoms with Gasteiger partial charge in [-0.3, -0.25) is 14.6 Å². The number of benzene rings is 2. The van der Waals surface area contributed by atoms with E-state index in [1.807, 2.05) is 55.5 Å². The van der Waals surface area contributed by atoms with Crippen LogP contribution in [0.25, 0.3) is 10.9 Å². The number of rotatable bonds is 8. The zero-order valence-corrected chi connectivity index (χ0v) is 20.9. The molecule has 0 bridgehead atoms. The summed E-state index contributed by atoms with van der Waals surface area (Å²) >= 11 is 0. The fourth-order valence-electron chi connectivity index (χ4n) is 5.55. The van der Waals surface area contributed by atoms with Crippen LogP contribution in [0.4, 0.5) is 4.79 Å². The number of imide groups is 1. The van der Waals surface area contributed by atoms with Crippen molar-refractivity contribution in [2.24, 2.45) is 5.92 Å². The molecule has 2 aliphatic heterocycles. The highest BCUT2D eigenvalue weighted by molar-refractivity contribution is 6.08. The number of methoxy groups -OCH3 is 1. The Hall–Kier alpha value is -3.32. The van der Waals surface area contributed by atoms with E-state index >= 15 is 0 Å². The first-order valence-electron chi connectivity index (χ1n) is 12.4. The average molecular weight is 475 g/mol. The van der Waals surface area contributed by atoms with Crippen molar-refractivity contribution in [3.63, 3.8) is 0 Å². The van der Waals surface area contributed by atoms with Crippen LogP contribution in [0.1, 0.15) is 50.1 Å². The number of hydrogen-bond acceptors (Lipinski definition) is 4.